The highest BCUT2D eigenvalue weighted by Crippen LogP contribution is 2.14. The molecule has 0 aliphatic carbocycles. The fourth-order valence-electron chi connectivity index (χ4n) is 1.21. The Morgan fingerprint density at radius 3 is 2.73 bits per heavy atom. The Hall–Kier alpha value is -1.08. The summed E-state index contributed by atoms with van der Waals surface area (Å²) in [4.78, 5) is 4.32. The summed E-state index contributed by atoms with van der Waals surface area (Å²) in [7, 11) is -1.60. The molecule has 6 nitrogen and oxygen atoms in total. The van der Waals surface area contributed by atoms with Crippen LogP contribution in [-0.2, 0) is 14.7 Å². The minimum absolute atomic E-state index is 0.213. The molecule has 0 amide bonds. The Kier molecular flexibility index (Phi) is 3.70. The number of hydrogen-bond acceptors (Lipinski definition) is 5. The zero-order valence-corrected chi connectivity index (χ0v) is 9.71. The van der Waals surface area contributed by atoms with E-state index in [1.807, 2.05) is 0 Å². The fraction of sp³-hybridized carbons (Fsp3) is 0.625. The number of allylic oxidation sites excluding steroid dienone is 1. The first kappa shape index (κ1) is 12.0. The predicted molar refractivity (Wildman–Crippen MR) is 60.4 cm³/mol. The maximum Gasteiger partial charge on any atom is 0.229 e. The number of ether oxygens (including phenoxy) is 1. The molecule has 1 rings (SSSR count). The van der Waals surface area contributed by atoms with Crippen LogP contribution in [0.3, 0.4) is 0 Å². The van der Waals surface area contributed by atoms with Crippen LogP contribution < -0.4 is 10.9 Å². The molecular formula is C8H16N4O2S. The molecule has 0 radical (unpaired) electrons. The summed E-state index contributed by atoms with van der Waals surface area (Å²) in [5.74, 6) is 0.263. The molecule has 0 saturated heterocycles. The van der Waals surface area contributed by atoms with Gasteiger partial charge < -0.3 is 10.5 Å². The SMILES string of the molecule is CN=S(N)(=O)/C(C1=NCCCO1)=C(\C)N. The van der Waals surface area contributed by atoms with Crippen LogP contribution in [0.15, 0.2) is 20.0 Å². The van der Waals surface area contributed by atoms with Gasteiger partial charge in [0.15, 0.2) is 0 Å². The van der Waals surface area contributed by atoms with E-state index in [2.05, 4.69) is 9.36 Å². The van der Waals surface area contributed by atoms with E-state index in [9.17, 15) is 4.21 Å². The first-order chi connectivity index (χ1) is 6.99. The monoisotopic (exact) mass is 232 g/mol. The number of rotatable bonds is 2. The van der Waals surface area contributed by atoms with Crippen molar-refractivity contribution in [3.05, 3.63) is 10.6 Å². The van der Waals surface area contributed by atoms with Crippen LogP contribution in [0.1, 0.15) is 13.3 Å². The van der Waals surface area contributed by atoms with Crippen molar-refractivity contribution in [3.8, 4) is 0 Å². The second-order valence-corrected chi connectivity index (χ2v) is 5.06. The van der Waals surface area contributed by atoms with Gasteiger partial charge in [-0.2, -0.15) is 0 Å². The minimum atomic E-state index is -2.99. The Bertz CT molecular complexity index is 414. The summed E-state index contributed by atoms with van der Waals surface area (Å²) >= 11 is 0. The van der Waals surface area contributed by atoms with Crippen LogP contribution in [-0.4, -0.2) is 30.3 Å². The van der Waals surface area contributed by atoms with Crippen LogP contribution in [0.5, 0.6) is 0 Å². The van der Waals surface area contributed by atoms with Crippen LogP contribution in [0.4, 0.5) is 0 Å². The van der Waals surface area contributed by atoms with Crippen molar-refractivity contribution in [2.75, 3.05) is 20.2 Å². The van der Waals surface area contributed by atoms with Crippen molar-refractivity contribution in [1.29, 1.82) is 0 Å². The molecule has 1 heterocycles. The quantitative estimate of drug-likeness (QED) is 0.698. The summed E-state index contributed by atoms with van der Waals surface area (Å²) in [5.41, 5.74) is 5.96. The van der Waals surface area contributed by atoms with Crippen molar-refractivity contribution in [2.45, 2.75) is 13.3 Å². The molecule has 0 aromatic heterocycles. The first-order valence-electron chi connectivity index (χ1n) is 4.56. The van der Waals surface area contributed by atoms with E-state index >= 15 is 0 Å². The first-order valence-corrected chi connectivity index (χ1v) is 6.14. The molecule has 0 fully saturated rings. The molecule has 86 valence electrons. The van der Waals surface area contributed by atoms with Crippen LogP contribution in [0, 0.1) is 0 Å². The van der Waals surface area contributed by atoms with E-state index in [0.29, 0.717) is 18.8 Å². The van der Waals surface area contributed by atoms with Gasteiger partial charge in [0.25, 0.3) is 0 Å². The van der Waals surface area contributed by atoms with Crippen molar-refractivity contribution in [1.82, 2.24) is 0 Å². The highest BCUT2D eigenvalue weighted by molar-refractivity contribution is 7.96. The molecule has 15 heavy (non-hydrogen) atoms. The van der Waals surface area contributed by atoms with Crippen molar-refractivity contribution >= 4 is 15.8 Å². The predicted octanol–water partition coefficient (Wildman–Crippen LogP) is -0.0331. The van der Waals surface area contributed by atoms with E-state index in [1.54, 1.807) is 6.92 Å². The molecule has 0 aromatic carbocycles. The zero-order valence-electron chi connectivity index (χ0n) is 8.90. The molecule has 0 spiro atoms. The summed E-state index contributed by atoms with van der Waals surface area (Å²) in [6.45, 7) is 2.77. The van der Waals surface area contributed by atoms with Gasteiger partial charge >= 0.3 is 0 Å². The van der Waals surface area contributed by atoms with Gasteiger partial charge in [-0.25, -0.2) is 13.7 Å². The fourth-order valence-corrected chi connectivity index (χ4v) is 2.23. The lowest BCUT2D eigenvalue weighted by Gasteiger charge is -2.17. The Labute approximate surface area is 89.7 Å². The highest BCUT2D eigenvalue weighted by atomic mass is 32.2. The van der Waals surface area contributed by atoms with E-state index in [-0.39, 0.29) is 10.8 Å². The normalized spacial score (nSPS) is 21.9. The molecule has 1 atom stereocenters. The summed E-state index contributed by atoms with van der Waals surface area (Å²) < 4.78 is 20.8. The van der Waals surface area contributed by atoms with E-state index < -0.39 is 9.92 Å². The lowest BCUT2D eigenvalue weighted by Crippen LogP contribution is -2.28. The smallest absolute Gasteiger partial charge is 0.229 e. The molecule has 1 aliphatic heterocycles. The Morgan fingerprint density at radius 1 is 1.67 bits per heavy atom. The third kappa shape index (κ3) is 2.69. The van der Waals surface area contributed by atoms with Gasteiger partial charge in [0.05, 0.1) is 6.61 Å². The molecule has 0 bridgehead atoms. The maximum atomic E-state index is 11.9. The molecule has 4 N–H and O–H groups in total. The second-order valence-electron chi connectivity index (χ2n) is 3.15. The van der Waals surface area contributed by atoms with Gasteiger partial charge in [-0.3, -0.25) is 4.99 Å². The number of hydrogen-bond donors (Lipinski definition) is 2. The number of nitrogens with two attached hydrogens (primary N) is 2. The topological polar surface area (TPSA) is 103 Å². The summed E-state index contributed by atoms with van der Waals surface area (Å²) in [6.07, 6.45) is 0.843. The van der Waals surface area contributed by atoms with Crippen molar-refractivity contribution in [3.63, 3.8) is 0 Å². The number of aliphatic imine (C=N–C) groups is 1. The van der Waals surface area contributed by atoms with E-state index in [4.69, 9.17) is 15.6 Å². The third-order valence-electron chi connectivity index (χ3n) is 1.91. The van der Waals surface area contributed by atoms with Crippen LogP contribution >= 0.6 is 0 Å². The Balaban J connectivity index is 3.23. The van der Waals surface area contributed by atoms with E-state index in [0.717, 1.165) is 6.42 Å². The largest absolute Gasteiger partial charge is 0.477 e. The molecule has 7 heteroatoms. The van der Waals surface area contributed by atoms with Gasteiger partial charge in [0.2, 0.25) is 5.90 Å². The summed E-state index contributed by atoms with van der Waals surface area (Å²) in [6, 6.07) is 0. The third-order valence-corrected chi connectivity index (χ3v) is 3.54. The number of nitrogens with zero attached hydrogens (tertiary/aromatic N) is 2. The van der Waals surface area contributed by atoms with Gasteiger partial charge in [-0.15, -0.1) is 0 Å². The van der Waals surface area contributed by atoms with Gasteiger partial charge in [0.1, 0.15) is 14.8 Å². The minimum Gasteiger partial charge on any atom is -0.477 e. The lowest BCUT2D eigenvalue weighted by molar-refractivity contribution is 0.284. The average molecular weight is 232 g/mol. The maximum absolute atomic E-state index is 11.9. The highest BCUT2D eigenvalue weighted by Gasteiger charge is 2.22. The zero-order chi connectivity index (χ0) is 11.5. The molecule has 1 aliphatic rings. The molecule has 0 aromatic rings. The molecule has 1 unspecified atom stereocenters. The average Bonchev–Trinajstić information content (AvgIpc) is 2.18. The Morgan fingerprint density at radius 2 is 2.33 bits per heavy atom. The second kappa shape index (κ2) is 4.63. The molecule has 0 saturated carbocycles. The van der Waals surface area contributed by atoms with Crippen molar-refractivity contribution in [2.24, 2.45) is 20.2 Å². The summed E-state index contributed by atoms with van der Waals surface area (Å²) in [5, 5.41) is 5.55. The van der Waals surface area contributed by atoms with Gasteiger partial charge in [0, 0.05) is 25.7 Å². The van der Waals surface area contributed by atoms with Gasteiger partial charge in [-0.1, -0.05) is 0 Å². The molecular weight excluding hydrogens is 216 g/mol. The van der Waals surface area contributed by atoms with Crippen LogP contribution in [0.25, 0.3) is 0 Å². The standard InChI is InChI=1S/C8H16N4O2S/c1-6(9)7(15(10,13)11-2)8-12-4-3-5-14-8/h3-5,9H2,1-2H3,(H2,10,11,13)/b7-6+. The van der Waals surface area contributed by atoms with Crippen LogP contribution in [0.2, 0.25) is 0 Å². The van der Waals surface area contributed by atoms with Gasteiger partial charge in [-0.05, 0) is 6.92 Å². The lowest BCUT2D eigenvalue weighted by atomic mass is 10.4. The van der Waals surface area contributed by atoms with Crippen molar-refractivity contribution < 1.29 is 8.95 Å². The van der Waals surface area contributed by atoms with E-state index in [1.165, 1.54) is 7.05 Å².